The van der Waals surface area contributed by atoms with Crippen molar-refractivity contribution in [1.82, 2.24) is 4.98 Å². The van der Waals surface area contributed by atoms with Crippen LogP contribution in [0, 0.1) is 0 Å². The molecule has 0 unspecified atom stereocenters. The minimum absolute atomic E-state index is 0.0257. The van der Waals surface area contributed by atoms with E-state index in [4.69, 9.17) is 17.3 Å². The van der Waals surface area contributed by atoms with Crippen molar-refractivity contribution in [2.75, 3.05) is 0 Å². The lowest BCUT2D eigenvalue weighted by Gasteiger charge is -2.06. The van der Waals surface area contributed by atoms with Crippen molar-refractivity contribution in [3.63, 3.8) is 0 Å². The Kier molecular flexibility index (Phi) is 4.76. The number of aromatic amines is 1. The molecule has 2 aromatic carbocycles. The fraction of sp³-hybridized carbons (Fsp3) is 0.158. The maximum Gasteiger partial charge on any atom is 0.248 e. The Labute approximate surface area is 150 Å². The van der Waals surface area contributed by atoms with Crippen LogP contribution in [0.5, 0.6) is 5.88 Å². The minimum Gasteiger partial charge on any atom is -0.494 e. The van der Waals surface area contributed by atoms with Crippen molar-refractivity contribution in [2.24, 2.45) is 10.7 Å². The van der Waals surface area contributed by atoms with Gasteiger partial charge in [-0.05, 0) is 42.8 Å². The topological polar surface area (TPSA) is 91.5 Å². The zero-order valence-corrected chi connectivity index (χ0v) is 14.5. The molecule has 4 N–H and O–H groups in total. The van der Waals surface area contributed by atoms with Gasteiger partial charge >= 0.3 is 0 Å². The Hall–Kier alpha value is -2.79. The van der Waals surface area contributed by atoms with Crippen LogP contribution in [-0.4, -0.2) is 21.7 Å². The minimum atomic E-state index is -0.513. The molecule has 0 atom stereocenters. The zero-order valence-electron chi connectivity index (χ0n) is 13.7. The Morgan fingerprint density at radius 1 is 1.24 bits per heavy atom. The molecule has 0 aliphatic heterocycles. The molecule has 0 fully saturated rings. The first kappa shape index (κ1) is 17.0. The number of aromatic hydroxyl groups is 1. The highest BCUT2D eigenvalue weighted by Crippen LogP contribution is 2.31. The Bertz CT molecular complexity index is 959. The van der Waals surface area contributed by atoms with Crippen molar-refractivity contribution in [2.45, 2.75) is 19.8 Å². The number of halogens is 1. The van der Waals surface area contributed by atoms with E-state index in [0.29, 0.717) is 28.1 Å². The van der Waals surface area contributed by atoms with Crippen LogP contribution in [-0.2, 0) is 0 Å². The average Bonchev–Trinajstić information content (AvgIpc) is 2.91. The van der Waals surface area contributed by atoms with Gasteiger partial charge in [0.25, 0.3) is 0 Å². The highest BCUT2D eigenvalue weighted by atomic mass is 35.5. The lowest BCUT2D eigenvalue weighted by Crippen LogP contribution is -2.10. The summed E-state index contributed by atoms with van der Waals surface area (Å²) in [6.45, 7) is 2.05. The molecular weight excluding hydrogens is 338 g/mol. The van der Waals surface area contributed by atoms with E-state index in [-0.39, 0.29) is 5.88 Å². The fourth-order valence-corrected chi connectivity index (χ4v) is 2.90. The lowest BCUT2D eigenvalue weighted by molar-refractivity contribution is 0.100. The Morgan fingerprint density at radius 2 is 1.96 bits per heavy atom. The Balaban J connectivity index is 2.14. The van der Waals surface area contributed by atoms with Gasteiger partial charge in [-0.1, -0.05) is 31.0 Å². The first-order valence-electron chi connectivity index (χ1n) is 7.97. The summed E-state index contributed by atoms with van der Waals surface area (Å²) in [5.74, 6) is -0.487. The van der Waals surface area contributed by atoms with E-state index in [0.717, 1.165) is 23.2 Å². The van der Waals surface area contributed by atoms with Gasteiger partial charge in [-0.2, -0.15) is 0 Å². The van der Waals surface area contributed by atoms with Crippen LogP contribution >= 0.6 is 11.6 Å². The number of hydrogen-bond acceptors (Lipinski definition) is 3. The molecule has 3 rings (SSSR count). The van der Waals surface area contributed by atoms with E-state index in [9.17, 15) is 9.90 Å². The van der Waals surface area contributed by atoms with Crippen LogP contribution in [0.15, 0.2) is 47.5 Å². The first-order chi connectivity index (χ1) is 12.0. The highest BCUT2D eigenvalue weighted by Gasteiger charge is 2.17. The van der Waals surface area contributed by atoms with Crippen molar-refractivity contribution in [3.8, 4) is 5.88 Å². The highest BCUT2D eigenvalue weighted by molar-refractivity contribution is 6.30. The normalized spacial score (nSPS) is 11.8. The number of amides is 1. The summed E-state index contributed by atoms with van der Waals surface area (Å²) in [5.41, 5.74) is 8.51. The van der Waals surface area contributed by atoms with Gasteiger partial charge in [0.05, 0.1) is 17.0 Å². The number of carbonyl (C=O) groups is 1. The van der Waals surface area contributed by atoms with E-state index in [1.807, 2.05) is 12.1 Å². The standard InChI is InChI=1S/C19H18ClN3O2/c1-2-3-15(22-13-7-5-12(20)6-8-13)17-14-9-4-11(18(21)24)10-16(14)23-19(17)25/h4-10,23,25H,2-3H2,1H3,(H2,21,24). The van der Waals surface area contributed by atoms with E-state index < -0.39 is 5.91 Å². The first-order valence-corrected chi connectivity index (χ1v) is 8.35. The summed E-state index contributed by atoms with van der Waals surface area (Å²) in [5, 5.41) is 11.8. The lowest BCUT2D eigenvalue weighted by atomic mass is 10.0. The summed E-state index contributed by atoms with van der Waals surface area (Å²) in [7, 11) is 0. The quantitative estimate of drug-likeness (QED) is 0.586. The summed E-state index contributed by atoms with van der Waals surface area (Å²) < 4.78 is 0. The number of aliphatic imine (C=N–C) groups is 1. The monoisotopic (exact) mass is 355 g/mol. The van der Waals surface area contributed by atoms with Crippen LogP contribution in [0.25, 0.3) is 10.9 Å². The van der Waals surface area contributed by atoms with Gasteiger partial charge in [0.15, 0.2) is 5.88 Å². The second-order valence-electron chi connectivity index (χ2n) is 5.76. The van der Waals surface area contributed by atoms with Crippen molar-refractivity contribution in [1.29, 1.82) is 0 Å². The van der Waals surface area contributed by atoms with Crippen LogP contribution in [0.1, 0.15) is 35.7 Å². The molecule has 0 saturated carbocycles. The number of nitrogens with one attached hydrogen (secondary N) is 1. The molecule has 3 aromatic rings. The number of hydrogen-bond donors (Lipinski definition) is 3. The maximum atomic E-state index is 11.4. The molecule has 25 heavy (non-hydrogen) atoms. The Morgan fingerprint density at radius 3 is 2.60 bits per heavy atom. The zero-order chi connectivity index (χ0) is 18.0. The van der Waals surface area contributed by atoms with Crippen LogP contribution < -0.4 is 5.73 Å². The van der Waals surface area contributed by atoms with Gasteiger partial charge < -0.3 is 15.8 Å². The summed E-state index contributed by atoms with van der Waals surface area (Å²) >= 11 is 5.92. The van der Waals surface area contributed by atoms with E-state index in [1.54, 1.807) is 30.3 Å². The van der Waals surface area contributed by atoms with Crippen LogP contribution in [0.2, 0.25) is 5.02 Å². The fourth-order valence-electron chi connectivity index (χ4n) is 2.77. The van der Waals surface area contributed by atoms with Gasteiger partial charge in [-0.15, -0.1) is 0 Å². The van der Waals surface area contributed by atoms with Crippen LogP contribution in [0.4, 0.5) is 5.69 Å². The molecule has 1 heterocycles. The molecular formula is C19H18ClN3O2. The number of nitrogens with two attached hydrogens (primary N) is 1. The number of primary amides is 1. The molecule has 0 bridgehead atoms. The third-order valence-corrected chi connectivity index (χ3v) is 4.18. The largest absolute Gasteiger partial charge is 0.494 e. The SMILES string of the molecule is CCCC(=Nc1ccc(Cl)cc1)c1c(O)[nH]c2cc(C(N)=O)ccc12. The average molecular weight is 356 g/mol. The molecule has 1 aromatic heterocycles. The molecule has 6 heteroatoms. The van der Waals surface area contributed by atoms with E-state index in [1.165, 1.54) is 0 Å². The third-order valence-electron chi connectivity index (χ3n) is 3.93. The van der Waals surface area contributed by atoms with Gasteiger partial charge in [-0.25, -0.2) is 0 Å². The smallest absolute Gasteiger partial charge is 0.248 e. The second-order valence-corrected chi connectivity index (χ2v) is 6.19. The number of rotatable bonds is 5. The molecule has 0 spiro atoms. The predicted octanol–water partition coefficient (Wildman–Crippen LogP) is 4.55. The van der Waals surface area contributed by atoms with Crippen molar-refractivity contribution < 1.29 is 9.90 Å². The molecule has 128 valence electrons. The van der Waals surface area contributed by atoms with Gasteiger partial charge in [0.2, 0.25) is 5.91 Å². The summed E-state index contributed by atoms with van der Waals surface area (Å²) in [6, 6.07) is 12.3. The molecule has 1 amide bonds. The molecule has 5 nitrogen and oxygen atoms in total. The number of H-pyrrole nitrogens is 1. The van der Waals surface area contributed by atoms with Crippen molar-refractivity contribution in [3.05, 3.63) is 58.6 Å². The molecule has 0 aliphatic carbocycles. The second kappa shape index (κ2) is 6.99. The number of carbonyl (C=O) groups excluding carboxylic acids is 1. The number of benzene rings is 2. The molecule has 0 saturated heterocycles. The number of nitrogens with zero attached hydrogens (tertiary/aromatic N) is 1. The van der Waals surface area contributed by atoms with Crippen molar-refractivity contribution >= 4 is 39.8 Å². The predicted molar refractivity (Wildman–Crippen MR) is 101 cm³/mol. The molecule has 0 aliphatic rings. The number of fused-ring (bicyclic) bond motifs is 1. The van der Waals surface area contributed by atoms with Crippen LogP contribution in [0.3, 0.4) is 0 Å². The molecule has 0 radical (unpaired) electrons. The third kappa shape index (κ3) is 3.51. The van der Waals surface area contributed by atoms with Gasteiger partial charge in [0, 0.05) is 21.5 Å². The van der Waals surface area contributed by atoms with Gasteiger partial charge in [-0.3, -0.25) is 9.79 Å². The van der Waals surface area contributed by atoms with E-state index in [2.05, 4.69) is 16.9 Å². The number of aromatic nitrogens is 1. The summed E-state index contributed by atoms with van der Waals surface area (Å²) in [4.78, 5) is 18.9. The summed E-state index contributed by atoms with van der Waals surface area (Å²) in [6.07, 6.45) is 1.57. The van der Waals surface area contributed by atoms with E-state index >= 15 is 0 Å². The van der Waals surface area contributed by atoms with Gasteiger partial charge in [0.1, 0.15) is 0 Å². The maximum absolute atomic E-state index is 11.4.